The summed E-state index contributed by atoms with van der Waals surface area (Å²) in [5, 5.41) is 4.24. The van der Waals surface area contributed by atoms with Crippen molar-refractivity contribution in [2.45, 2.75) is 53.0 Å². The normalized spacial score (nSPS) is 19.6. The van der Waals surface area contributed by atoms with Crippen molar-refractivity contribution in [2.75, 3.05) is 19.7 Å². The SMILES string of the molecule is CC(C)C(C)/C(=N\NC=O)c1ccc(OCCCN2CCCC2C)cc1. The van der Waals surface area contributed by atoms with Crippen LogP contribution in [0.4, 0.5) is 0 Å². The number of nitrogens with one attached hydrogen (secondary N) is 1. The summed E-state index contributed by atoms with van der Waals surface area (Å²) in [4.78, 5) is 13.2. The van der Waals surface area contributed by atoms with Gasteiger partial charge in [0, 0.05) is 18.5 Å². The molecule has 0 saturated carbocycles. The summed E-state index contributed by atoms with van der Waals surface area (Å²) >= 11 is 0. The average Bonchev–Trinajstić information content (AvgIpc) is 3.04. The Balaban J connectivity index is 1.88. The summed E-state index contributed by atoms with van der Waals surface area (Å²) in [6.45, 7) is 11.8. The molecule has 0 bridgehead atoms. The predicted molar refractivity (Wildman–Crippen MR) is 107 cm³/mol. The van der Waals surface area contributed by atoms with E-state index in [-0.39, 0.29) is 5.92 Å². The molecule has 1 aliphatic rings. The number of amides is 1. The first kappa shape index (κ1) is 20.4. The highest BCUT2D eigenvalue weighted by Gasteiger charge is 2.19. The molecule has 0 spiro atoms. The highest BCUT2D eigenvalue weighted by molar-refractivity contribution is 6.02. The molecular formula is C21H33N3O2. The molecule has 0 aliphatic carbocycles. The zero-order chi connectivity index (χ0) is 18.9. The third-order valence-corrected chi connectivity index (χ3v) is 5.37. The molecule has 1 amide bonds. The molecule has 1 fully saturated rings. The molecular weight excluding hydrogens is 326 g/mol. The van der Waals surface area contributed by atoms with Gasteiger partial charge in [-0.2, -0.15) is 5.10 Å². The third kappa shape index (κ3) is 5.84. The maximum Gasteiger partial charge on any atom is 0.227 e. The van der Waals surface area contributed by atoms with Gasteiger partial charge in [0.05, 0.1) is 12.3 Å². The van der Waals surface area contributed by atoms with Gasteiger partial charge in [-0.15, -0.1) is 0 Å². The molecule has 5 heteroatoms. The number of hydrogen-bond acceptors (Lipinski definition) is 4. The minimum atomic E-state index is 0.247. The number of carbonyl (C=O) groups is 1. The van der Waals surface area contributed by atoms with Crippen LogP contribution in [0.2, 0.25) is 0 Å². The molecule has 1 heterocycles. The van der Waals surface area contributed by atoms with Crippen LogP contribution in [-0.4, -0.2) is 42.8 Å². The van der Waals surface area contributed by atoms with E-state index in [4.69, 9.17) is 4.74 Å². The van der Waals surface area contributed by atoms with E-state index < -0.39 is 0 Å². The van der Waals surface area contributed by atoms with E-state index in [9.17, 15) is 4.79 Å². The quantitative estimate of drug-likeness (QED) is 0.300. The van der Waals surface area contributed by atoms with Crippen molar-refractivity contribution in [3.05, 3.63) is 29.8 Å². The Kier molecular flexibility index (Phi) is 8.10. The minimum Gasteiger partial charge on any atom is -0.494 e. The van der Waals surface area contributed by atoms with E-state index in [2.05, 4.69) is 43.1 Å². The Morgan fingerprint density at radius 2 is 2.08 bits per heavy atom. The van der Waals surface area contributed by atoms with Gasteiger partial charge in [0.15, 0.2) is 0 Å². The maximum absolute atomic E-state index is 10.6. The summed E-state index contributed by atoms with van der Waals surface area (Å²) in [7, 11) is 0. The fraction of sp³-hybridized carbons (Fsp3) is 0.619. The fourth-order valence-corrected chi connectivity index (χ4v) is 3.35. The lowest BCUT2D eigenvalue weighted by Gasteiger charge is -2.20. The Morgan fingerprint density at radius 3 is 2.65 bits per heavy atom. The van der Waals surface area contributed by atoms with E-state index in [1.165, 1.54) is 19.4 Å². The summed E-state index contributed by atoms with van der Waals surface area (Å²) in [5.41, 5.74) is 4.34. The zero-order valence-electron chi connectivity index (χ0n) is 16.6. The molecule has 2 rings (SSSR count). The topological polar surface area (TPSA) is 53.9 Å². The van der Waals surface area contributed by atoms with Gasteiger partial charge in [-0.25, -0.2) is 5.43 Å². The fourth-order valence-electron chi connectivity index (χ4n) is 3.35. The molecule has 1 aromatic carbocycles. The lowest BCUT2D eigenvalue weighted by molar-refractivity contribution is -0.109. The van der Waals surface area contributed by atoms with Crippen molar-refractivity contribution in [1.82, 2.24) is 10.3 Å². The van der Waals surface area contributed by atoms with Crippen LogP contribution < -0.4 is 10.2 Å². The lowest BCUT2D eigenvalue weighted by Crippen LogP contribution is -2.28. The average molecular weight is 360 g/mol. The van der Waals surface area contributed by atoms with E-state index in [0.717, 1.165) is 42.6 Å². The predicted octanol–water partition coefficient (Wildman–Crippen LogP) is 3.68. The summed E-state index contributed by atoms with van der Waals surface area (Å²) in [6, 6.07) is 8.72. The van der Waals surface area contributed by atoms with Crippen LogP contribution >= 0.6 is 0 Å². The third-order valence-electron chi connectivity index (χ3n) is 5.37. The first-order valence-electron chi connectivity index (χ1n) is 9.77. The molecule has 1 aliphatic heterocycles. The first-order chi connectivity index (χ1) is 12.5. The molecule has 1 aromatic rings. The second-order valence-electron chi connectivity index (χ2n) is 7.53. The second kappa shape index (κ2) is 10.3. The van der Waals surface area contributed by atoms with Crippen LogP contribution in [0, 0.1) is 11.8 Å². The molecule has 26 heavy (non-hydrogen) atoms. The van der Waals surface area contributed by atoms with Gasteiger partial charge in [0.2, 0.25) is 6.41 Å². The van der Waals surface area contributed by atoms with Crippen molar-refractivity contribution < 1.29 is 9.53 Å². The van der Waals surface area contributed by atoms with Gasteiger partial charge in [0.25, 0.3) is 0 Å². The standard InChI is InChI=1S/C21H33N3O2/c1-16(2)18(4)21(23-22-15-25)19-8-10-20(11-9-19)26-14-6-13-24-12-5-7-17(24)3/h8-11,15-18H,5-7,12-14H2,1-4H3,(H,22,25)/b23-21+. The summed E-state index contributed by atoms with van der Waals surface area (Å²) < 4.78 is 5.89. The van der Waals surface area contributed by atoms with E-state index in [0.29, 0.717) is 12.3 Å². The van der Waals surface area contributed by atoms with Gasteiger partial charge >= 0.3 is 0 Å². The number of ether oxygens (including phenoxy) is 1. The van der Waals surface area contributed by atoms with Gasteiger partial charge < -0.3 is 9.64 Å². The van der Waals surface area contributed by atoms with Gasteiger partial charge in [-0.3, -0.25) is 4.79 Å². The highest BCUT2D eigenvalue weighted by atomic mass is 16.5. The number of benzene rings is 1. The molecule has 0 aromatic heterocycles. The summed E-state index contributed by atoms with van der Waals surface area (Å²) in [6.07, 6.45) is 4.29. The number of nitrogens with zero attached hydrogens (tertiary/aromatic N) is 2. The zero-order valence-corrected chi connectivity index (χ0v) is 16.6. The van der Waals surface area contributed by atoms with Crippen LogP contribution in [-0.2, 0) is 4.79 Å². The molecule has 1 saturated heterocycles. The number of hydrazone groups is 1. The largest absolute Gasteiger partial charge is 0.494 e. The van der Waals surface area contributed by atoms with Crippen LogP contribution in [0.1, 0.15) is 52.5 Å². The number of likely N-dealkylation sites (tertiary alicyclic amines) is 1. The van der Waals surface area contributed by atoms with Crippen LogP contribution in [0.5, 0.6) is 5.75 Å². The van der Waals surface area contributed by atoms with Gasteiger partial charge in [0.1, 0.15) is 5.75 Å². The Bertz CT molecular complexity index is 583. The second-order valence-corrected chi connectivity index (χ2v) is 7.53. The molecule has 5 nitrogen and oxygen atoms in total. The van der Waals surface area contributed by atoms with Crippen molar-refractivity contribution in [1.29, 1.82) is 0 Å². The van der Waals surface area contributed by atoms with Crippen LogP contribution in [0.15, 0.2) is 29.4 Å². The minimum absolute atomic E-state index is 0.247. The Morgan fingerprint density at radius 1 is 1.35 bits per heavy atom. The number of rotatable bonds is 10. The van der Waals surface area contributed by atoms with E-state index in [1.807, 2.05) is 24.3 Å². The Labute approximate surface area is 157 Å². The lowest BCUT2D eigenvalue weighted by atomic mass is 9.89. The highest BCUT2D eigenvalue weighted by Crippen LogP contribution is 2.21. The molecule has 2 unspecified atom stereocenters. The smallest absolute Gasteiger partial charge is 0.227 e. The van der Waals surface area contributed by atoms with Crippen LogP contribution in [0.25, 0.3) is 0 Å². The van der Waals surface area contributed by atoms with Crippen molar-refractivity contribution in [3.63, 3.8) is 0 Å². The van der Waals surface area contributed by atoms with Gasteiger partial charge in [-0.1, -0.05) is 20.8 Å². The monoisotopic (exact) mass is 359 g/mol. The van der Waals surface area contributed by atoms with Crippen molar-refractivity contribution in [2.24, 2.45) is 16.9 Å². The molecule has 1 N–H and O–H groups in total. The molecule has 0 radical (unpaired) electrons. The maximum atomic E-state index is 10.6. The summed E-state index contributed by atoms with van der Waals surface area (Å²) in [5.74, 6) is 1.56. The van der Waals surface area contributed by atoms with Crippen LogP contribution in [0.3, 0.4) is 0 Å². The van der Waals surface area contributed by atoms with E-state index in [1.54, 1.807) is 0 Å². The van der Waals surface area contributed by atoms with Gasteiger partial charge in [-0.05, 0) is 68.5 Å². The van der Waals surface area contributed by atoms with Crippen molar-refractivity contribution in [3.8, 4) is 5.75 Å². The molecule has 2 atom stereocenters. The first-order valence-corrected chi connectivity index (χ1v) is 9.77. The van der Waals surface area contributed by atoms with E-state index >= 15 is 0 Å². The Hall–Kier alpha value is -1.88. The molecule has 144 valence electrons. The number of hydrogen-bond donors (Lipinski definition) is 1. The van der Waals surface area contributed by atoms with Crippen molar-refractivity contribution >= 4 is 12.1 Å². The number of carbonyl (C=O) groups excluding carboxylic acids is 1.